The van der Waals surface area contributed by atoms with Gasteiger partial charge in [0.1, 0.15) is 12.4 Å². The standard InChI is InChI=1S/C23H23NO3/c1-3-4-8-21(23(25)26-2)17-11-14-20(15-12-17)27-16-19-13-10-18-7-5-6-9-22(18)24-19/h3-7,9-15,21H,8,16H2,1-2H3/b4-3+. The number of methoxy groups -OCH3 is 1. The molecule has 0 fully saturated rings. The van der Waals surface area contributed by atoms with Crippen molar-refractivity contribution in [1.29, 1.82) is 0 Å². The van der Waals surface area contributed by atoms with Gasteiger partial charge in [0.2, 0.25) is 0 Å². The van der Waals surface area contributed by atoms with Gasteiger partial charge in [0.25, 0.3) is 0 Å². The van der Waals surface area contributed by atoms with Gasteiger partial charge in [-0.1, -0.05) is 48.6 Å². The quantitative estimate of drug-likeness (QED) is 0.437. The molecule has 0 saturated carbocycles. The molecule has 0 N–H and O–H groups in total. The number of pyridine rings is 1. The molecule has 0 aliphatic heterocycles. The van der Waals surface area contributed by atoms with E-state index in [0.717, 1.165) is 27.9 Å². The van der Waals surface area contributed by atoms with Gasteiger partial charge >= 0.3 is 5.97 Å². The van der Waals surface area contributed by atoms with Crippen LogP contribution < -0.4 is 4.74 Å². The molecule has 1 unspecified atom stereocenters. The molecule has 3 aromatic rings. The average molecular weight is 361 g/mol. The molecule has 3 rings (SSSR count). The first-order valence-electron chi connectivity index (χ1n) is 8.97. The minimum absolute atomic E-state index is 0.234. The molecule has 4 nitrogen and oxygen atoms in total. The van der Waals surface area contributed by atoms with E-state index in [-0.39, 0.29) is 11.9 Å². The lowest BCUT2D eigenvalue weighted by Gasteiger charge is -2.14. The fourth-order valence-corrected chi connectivity index (χ4v) is 2.93. The van der Waals surface area contributed by atoms with Crippen LogP contribution in [0, 0.1) is 0 Å². The fourth-order valence-electron chi connectivity index (χ4n) is 2.93. The molecule has 27 heavy (non-hydrogen) atoms. The lowest BCUT2D eigenvalue weighted by Crippen LogP contribution is -2.13. The van der Waals surface area contributed by atoms with Gasteiger partial charge in [-0.3, -0.25) is 4.79 Å². The first kappa shape index (κ1) is 18.6. The second-order valence-electron chi connectivity index (χ2n) is 6.23. The smallest absolute Gasteiger partial charge is 0.313 e. The zero-order valence-electron chi connectivity index (χ0n) is 15.6. The van der Waals surface area contributed by atoms with Crippen molar-refractivity contribution in [2.24, 2.45) is 0 Å². The van der Waals surface area contributed by atoms with Gasteiger partial charge in [0, 0.05) is 5.39 Å². The molecule has 0 saturated heterocycles. The Morgan fingerprint density at radius 1 is 1.07 bits per heavy atom. The predicted octanol–water partition coefficient (Wildman–Crippen LogP) is 5.04. The highest BCUT2D eigenvalue weighted by molar-refractivity contribution is 5.79. The zero-order chi connectivity index (χ0) is 19.1. The third-order valence-electron chi connectivity index (χ3n) is 4.42. The van der Waals surface area contributed by atoms with Crippen molar-refractivity contribution < 1.29 is 14.3 Å². The monoisotopic (exact) mass is 361 g/mol. The van der Waals surface area contributed by atoms with Crippen LogP contribution in [0.5, 0.6) is 5.75 Å². The molecule has 0 amide bonds. The molecule has 138 valence electrons. The summed E-state index contributed by atoms with van der Waals surface area (Å²) in [7, 11) is 1.42. The molecule has 0 radical (unpaired) electrons. The molecule has 4 heteroatoms. The molecule has 2 aromatic carbocycles. The van der Waals surface area contributed by atoms with E-state index < -0.39 is 0 Å². The number of rotatable bonds is 7. The minimum atomic E-state index is -0.303. The maximum Gasteiger partial charge on any atom is 0.313 e. The largest absolute Gasteiger partial charge is 0.487 e. The Bertz CT molecular complexity index is 932. The van der Waals surface area contributed by atoms with Crippen LogP contribution in [-0.2, 0) is 16.1 Å². The summed E-state index contributed by atoms with van der Waals surface area (Å²) in [6, 6.07) is 19.6. The number of carbonyl (C=O) groups excluding carboxylic acids is 1. The SMILES string of the molecule is C/C=C/CC(C(=O)OC)c1ccc(OCc2ccc3ccccc3n2)cc1. The summed E-state index contributed by atoms with van der Waals surface area (Å²) in [6.45, 7) is 2.33. The highest BCUT2D eigenvalue weighted by atomic mass is 16.5. The van der Waals surface area contributed by atoms with E-state index in [2.05, 4.69) is 4.98 Å². The summed E-state index contributed by atoms with van der Waals surface area (Å²) in [5, 5.41) is 1.11. The van der Waals surface area contributed by atoms with Crippen molar-refractivity contribution in [1.82, 2.24) is 4.98 Å². The lowest BCUT2D eigenvalue weighted by molar-refractivity contribution is -0.142. The molecule has 1 atom stereocenters. The Balaban J connectivity index is 1.68. The summed E-state index contributed by atoms with van der Waals surface area (Å²) in [5.74, 6) is 0.202. The Hall–Kier alpha value is -3.14. The molecule has 1 heterocycles. The third kappa shape index (κ3) is 4.73. The maximum atomic E-state index is 12.0. The number of hydrogen-bond donors (Lipinski definition) is 0. The van der Waals surface area contributed by atoms with E-state index in [0.29, 0.717) is 13.0 Å². The van der Waals surface area contributed by atoms with Crippen molar-refractivity contribution in [3.05, 3.63) is 84.1 Å². The minimum Gasteiger partial charge on any atom is -0.487 e. The first-order valence-corrected chi connectivity index (χ1v) is 8.97. The third-order valence-corrected chi connectivity index (χ3v) is 4.42. The molecular formula is C23H23NO3. The van der Waals surface area contributed by atoms with E-state index in [1.807, 2.05) is 79.7 Å². The van der Waals surface area contributed by atoms with Gasteiger partial charge in [0.15, 0.2) is 0 Å². The van der Waals surface area contributed by atoms with Crippen molar-refractivity contribution >= 4 is 16.9 Å². The van der Waals surface area contributed by atoms with Crippen LogP contribution in [0.25, 0.3) is 10.9 Å². The number of para-hydroxylation sites is 1. The lowest BCUT2D eigenvalue weighted by atomic mass is 9.95. The molecule has 0 spiro atoms. The van der Waals surface area contributed by atoms with Crippen molar-refractivity contribution in [3.63, 3.8) is 0 Å². The van der Waals surface area contributed by atoms with E-state index in [9.17, 15) is 4.79 Å². The van der Waals surface area contributed by atoms with Crippen molar-refractivity contribution in [2.45, 2.75) is 25.9 Å². The van der Waals surface area contributed by atoms with Crippen LogP contribution in [0.1, 0.15) is 30.5 Å². The van der Waals surface area contributed by atoms with E-state index >= 15 is 0 Å². The van der Waals surface area contributed by atoms with Gasteiger partial charge in [0.05, 0.1) is 24.2 Å². The Labute approximate surface area is 159 Å². The summed E-state index contributed by atoms with van der Waals surface area (Å²) < 4.78 is 10.8. The number of hydrogen-bond acceptors (Lipinski definition) is 4. The zero-order valence-corrected chi connectivity index (χ0v) is 15.6. The van der Waals surface area contributed by atoms with Crippen LogP contribution >= 0.6 is 0 Å². The summed E-state index contributed by atoms with van der Waals surface area (Å²) in [6.07, 6.45) is 4.52. The first-order chi connectivity index (χ1) is 13.2. The Kier molecular flexibility index (Phi) is 6.21. The second kappa shape index (κ2) is 8.99. The molecule has 0 aliphatic carbocycles. The number of fused-ring (bicyclic) bond motifs is 1. The number of nitrogens with zero attached hydrogens (tertiary/aromatic N) is 1. The van der Waals surface area contributed by atoms with Gasteiger partial charge in [-0.25, -0.2) is 4.98 Å². The number of carbonyl (C=O) groups is 1. The topological polar surface area (TPSA) is 48.4 Å². The van der Waals surface area contributed by atoms with Gasteiger partial charge in [-0.15, -0.1) is 0 Å². The maximum absolute atomic E-state index is 12.0. The highest BCUT2D eigenvalue weighted by Gasteiger charge is 2.19. The predicted molar refractivity (Wildman–Crippen MR) is 107 cm³/mol. The second-order valence-corrected chi connectivity index (χ2v) is 6.23. The van der Waals surface area contributed by atoms with E-state index in [4.69, 9.17) is 9.47 Å². The highest BCUT2D eigenvalue weighted by Crippen LogP contribution is 2.25. The number of benzene rings is 2. The van der Waals surface area contributed by atoms with Crippen LogP contribution in [0.4, 0.5) is 0 Å². The number of ether oxygens (including phenoxy) is 2. The van der Waals surface area contributed by atoms with Crippen LogP contribution in [0.3, 0.4) is 0 Å². The van der Waals surface area contributed by atoms with Crippen molar-refractivity contribution in [3.8, 4) is 5.75 Å². The summed E-state index contributed by atoms with van der Waals surface area (Å²) in [4.78, 5) is 16.6. The van der Waals surface area contributed by atoms with E-state index in [1.54, 1.807) is 0 Å². The van der Waals surface area contributed by atoms with Crippen LogP contribution in [0.15, 0.2) is 72.8 Å². The number of allylic oxidation sites excluding steroid dienone is 2. The molecule has 0 aliphatic rings. The Morgan fingerprint density at radius 3 is 2.59 bits per heavy atom. The van der Waals surface area contributed by atoms with Gasteiger partial charge in [-0.2, -0.15) is 0 Å². The molecular weight excluding hydrogens is 338 g/mol. The van der Waals surface area contributed by atoms with Gasteiger partial charge < -0.3 is 9.47 Å². The van der Waals surface area contributed by atoms with E-state index in [1.165, 1.54) is 7.11 Å². The Morgan fingerprint density at radius 2 is 1.85 bits per heavy atom. The number of esters is 1. The molecule has 0 bridgehead atoms. The fraction of sp³-hybridized carbons (Fsp3) is 0.217. The summed E-state index contributed by atoms with van der Waals surface area (Å²) >= 11 is 0. The number of aromatic nitrogens is 1. The van der Waals surface area contributed by atoms with Crippen LogP contribution in [-0.4, -0.2) is 18.1 Å². The molecule has 1 aromatic heterocycles. The van der Waals surface area contributed by atoms with Crippen LogP contribution in [0.2, 0.25) is 0 Å². The van der Waals surface area contributed by atoms with Crippen molar-refractivity contribution in [2.75, 3.05) is 7.11 Å². The summed E-state index contributed by atoms with van der Waals surface area (Å²) in [5.41, 5.74) is 2.74. The van der Waals surface area contributed by atoms with Gasteiger partial charge in [-0.05, 0) is 43.2 Å². The average Bonchev–Trinajstić information content (AvgIpc) is 2.73. The normalized spacial score (nSPS) is 12.2.